The second kappa shape index (κ2) is 8.19. The highest BCUT2D eigenvalue weighted by Gasteiger charge is 2.37. The van der Waals surface area contributed by atoms with Gasteiger partial charge in [0.05, 0.1) is 17.2 Å². The van der Waals surface area contributed by atoms with Gasteiger partial charge in [-0.3, -0.25) is 19.5 Å². The van der Waals surface area contributed by atoms with E-state index in [2.05, 4.69) is 10.3 Å². The normalized spacial score (nSPS) is 17.9. The molecular weight excluding hydrogens is 354 g/mol. The van der Waals surface area contributed by atoms with E-state index in [0.717, 1.165) is 22.9 Å². The lowest BCUT2D eigenvalue weighted by molar-refractivity contribution is -0.148. The number of hydrogen-bond acceptors (Lipinski definition) is 5. The molecule has 1 aliphatic rings. The highest BCUT2D eigenvalue weighted by Crippen LogP contribution is 2.31. The van der Waals surface area contributed by atoms with E-state index in [4.69, 9.17) is 4.74 Å². The number of anilines is 1. The minimum atomic E-state index is -0.581. The number of nitrogens with one attached hydrogen (secondary N) is 1. The molecule has 2 unspecified atom stereocenters. The summed E-state index contributed by atoms with van der Waals surface area (Å²) in [4.78, 5) is 30.5. The van der Waals surface area contributed by atoms with Crippen molar-refractivity contribution in [2.45, 2.75) is 25.1 Å². The fourth-order valence-electron chi connectivity index (χ4n) is 3.79. The molecule has 6 nitrogen and oxygen atoms in total. The molecule has 1 aliphatic heterocycles. The molecule has 1 amide bonds. The van der Waals surface area contributed by atoms with Crippen LogP contribution in [-0.4, -0.2) is 34.8 Å². The van der Waals surface area contributed by atoms with Gasteiger partial charge in [-0.25, -0.2) is 0 Å². The van der Waals surface area contributed by atoms with Crippen molar-refractivity contribution in [1.82, 2.24) is 9.88 Å². The lowest BCUT2D eigenvalue weighted by Gasteiger charge is -2.31. The van der Waals surface area contributed by atoms with Gasteiger partial charge < -0.3 is 10.1 Å². The van der Waals surface area contributed by atoms with Crippen molar-refractivity contribution in [3.63, 3.8) is 0 Å². The maximum Gasteiger partial charge on any atom is 0.294 e. The zero-order chi connectivity index (χ0) is 19.3. The first kappa shape index (κ1) is 18.1. The van der Waals surface area contributed by atoms with Gasteiger partial charge in [0.2, 0.25) is 5.91 Å². The van der Waals surface area contributed by atoms with Crippen LogP contribution < -0.4 is 5.32 Å². The lowest BCUT2D eigenvalue weighted by atomic mass is 10.1. The van der Waals surface area contributed by atoms with E-state index in [1.807, 2.05) is 65.6 Å². The number of fused-ring (bicyclic) bond motifs is 1. The molecule has 2 heterocycles. The van der Waals surface area contributed by atoms with Crippen LogP contribution in [0.2, 0.25) is 0 Å². The van der Waals surface area contributed by atoms with Gasteiger partial charge in [0.25, 0.3) is 6.47 Å². The topological polar surface area (TPSA) is 71.5 Å². The lowest BCUT2D eigenvalue weighted by Crippen LogP contribution is -2.42. The van der Waals surface area contributed by atoms with Crippen LogP contribution in [0, 0.1) is 0 Å². The number of aromatic nitrogens is 1. The molecule has 0 spiro atoms. The molecule has 28 heavy (non-hydrogen) atoms. The Morgan fingerprint density at radius 2 is 1.96 bits per heavy atom. The van der Waals surface area contributed by atoms with Gasteiger partial charge in [-0.1, -0.05) is 48.5 Å². The van der Waals surface area contributed by atoms with Crippen LogP contribution in [0.4, 0.5) is 5.69 Å². The van der Waals surface area contributed by atoms with Gasteiger partial charge in [0.15, 0.2) is 6.23 Å². The van der Waals surface area contributed by atoms with Crippen LogP contribution in [0.15, 0.2) is 66.9 Å². The van der Waals surface area contributed by atoms with Crippen molar-refractivity contribution < 1.29 is 14.3 Å². The van der Waals surface area contributed by atoms with E-state index in [9.17, 15) is 9.59 Å². The van der Waals surface area contributed by atoms with E-state index in [-0.39, 0.29) is 11.9 Å². The third-order valence-corrected chi connectivity index (χ3v) is 5.06. The predicted octanol–water partition coefficient (Wildman–Crippen LogP) is 3.51. The van der Waals surface area contributed by atoms with Crippen LogP contribution in [0.25, 0.3) is 10.9 Å². The molecule has 2 atom stereocenters. The smallest absolute Gasteiger partial charge is 0.294 e. The summed E-state index contributed by atoms with van der Waals surface area (Å²) >= 11 is 0. The summed E-state index contributed by atoms with van der Waals surface area (Å²) < 4.78 is 5.37. The number of para-hydroxylation sites is 1. The summed E-state index contributed by atoms with van der Waals surface area (Å²) in [5, 5.41) is 3.99. The molecule has 1 fully saturated rings. The Bertz CT molecular complexity index is 972. The van der Waals surface area contributed by atoms with Gasteiger partial charge in [-0.15, -0.1) is 0 Å². The Labute approximate surface area is 163 Å². The van der Waals surface area contributed by atoms with Crippen LogP contribution in [-0.2, 0) is 14.3 Å². The molecule has 142 valence electrons. The first-order valence-electron chi connectivity index (χ1n) is 9.32. The van der Waals surface area contributed by atoms with Gasteiger partial charge >= 0.3 is 0 Å². The number of hydrogen-bond donors (Lipinski definition) is 1. The second-order valence-corrected chi connectivity index (χ2v) is 6.76. The highest BCUT2D eigenvalue weighted by molar-refractivity contribution is 6.02. The largest absolute Gasteiger partial charge is 0.444 e. The third-order valence-electron chi connectivity index (χ3n) is 5.06. The van der Waals surface area contributed by atoms with Gasteiger partial charge in [-0.2, -0.15) is 0 Å². The molecule has 4 rings (SSSR count). The highest BCUT2D eigenvalue weighted by atomic mass is 16.5. The number of likely N-dealkylation sites (tertiary alicyclic amines) is 1. The number of carbonyl (C=O) groups excluding carboxylic acids is 2. The van der Waals surface area contributed by atoms with E-state index < -0.39 is 6.23 Å². The summed E-state index contributed by atoms with van der Waals surface area (Å²) in [7, 11) is 0. The zero-order valence-corrected chi connectivity index (χ0v) is 15.3. The molecule has 0 bridgehead atoms. The molecule has 0 saturated carbocycles. The first-order chi connectivity index (χ1) is 13.8. The average molecular weight is 375 g/mol. The van der Waals surface area contributed by atoms with E-state index >= 15 is 0 Å². The summed E-state index contributed by atoms with van der Waals surface area (Å²) in [5.74, 6) is -0.119. The molecule has 2 aromatic carbocycles. The summed E-state index contributed by atoms with van der Waals surface area (Å²) in [5.41, 5.74) is 2.29. The molecule has 1 aromatic heterocycles. The maximum atomic E-state index is 13.1. The van der Waals surface area contributed by atoms with Gasteiger partial charge in [-0.05, 0) is 25.0 Å². The van der Waals surface area contributed by atoms with Crippen molar-refractivity contribution >= 4 is 29.0 Å². The Kier molecular flexibility index (Phi) is 5.30. The molecule has 0 radical (unpaired) electrons. The summed E-state index contributed by atoms with van der Waals surface area (Å²) in [6, 6.07) is 18.6. The van der Waals surface area contributed by atoms with E-state index in [1.165, 1.54) is 0 Å². The van der Waals surface area contributed by atoms with Crippen molar-refractivity contribution in [3.8, 4) is 0 Å². The third kappa shape index (κ3) is 3.59. The predicted molar refractivity (Wildman–Crippen MR) is 106 cm³/mol. The maximum absolute atomic E-state index is 13.1. The van der Waals surface area contributed by atoms with Gasteiger partial charge in [0.1, 0.15) is 0 Å². The number of nitrogens with zero attached hydrogens (tertiary/aromatic N) is 2. The standard InChI is InChI=1S/C22H21N3O3/c26-15-28-22(17-7-2-1-3-8-17)25-14-6-12-19(25)21(27)24-18-11-4-9-16-10-5-13-23-20(16)18/h1-5,7-11,13,15,19,22H,6,12,14H2,(H,24,27). The van der Waals surface area contributed by atoms with Crippen LogP contribution >= 0.6 is 0 Å². The SMILES string of the molecule is O=COC(c1ccccc1)N1CCCC1C(=O)Nc1cccc2cccnc12. The van der Waals surface area contributed by atoms with Crippen molar-refractivity contribution in [1.29, 1.82) is 0 Å². The summed E-state index contributed by atoms with van der Waals surface area (Å²) in [6.07, 6.45) is 2.69. The minimum absolute atomic E-state index is 0.119. The quantitative estimate of drug-likeness (QED) is 0.668. The number of benzene rings is 2. The van der Waals surface area contributed by atoms with Crippen LogP contribution in [0.1, 0.15) is 24.6 Å². The average Bonchev–Trinajstić information content (AvgIpc) is 3.22. The molecular formula is C22H21N3O3. The number of carbonyl (C=O) groups is 2. The molecule has 6 heteroatoms. The van der Waals surface area contributed by atoms with E-state index in [1.54, 1.807) is 6.20 Å². The van der Waals surface area contributed by atoms with Crippen molar-refractivity contribution in [2.75, 3.05) is 11.9 Å². The van der Waals surface area contributed by atoms with Gasteiger partial charge in [0, 0.05) is 23.7 Å². The fourth-order valence-corrected chi connectivity index (χ4v) is 3.79. The molecule has 1 N–H and O–H groups in total. The van der Waals surface area contributed by atoms with Crippen molar-refractivity contribution in [2.24, 2.45) is 0 Å². The van der Waals surface area contributed by atoms with E-state index in [0.29, 0.717) is 25.1 Å². The number of ether oxygens (including phenoxy) is 1. The monoisotopic (exact) mass is 375 g/mol. The molecule has 3 aromatic rings. The number of pyridine rings is 1. The Morgan fingerprint density at radius 1 is 1.14 bits per heavy atom. The number of amides is 1. The summed E-state index contributed by atoms with van der Waals surface area (Å²) in [6.45, 7) is 1.12. The Balaban J connectivity index is 1.58. The van der Waals surface area contributed by atoms with Crippen LogP contribution in [0.3, 0.4) is 0 Å². The van der Waals surface area contributed by atoms with Crippen LogP contribution in [0.5, 0.6) is 0 Å². The Hall–Kier alpha value is -3.25. The molecule has 1 saturated heterocycles. The van der Waals surface area contributed by atoms with Crippen molar-refractivity contribution in [3.05, 3.63) is 72.4 Å². The second-order valence-electron chi connectivity index (χ2n) is 6.76. The Morgan fingerprint density at radius 3 is 2.79 bits per heavy atom. The first-order valence-corrected chi connectivity index (χ1v) is 9.32. The fraction of sp³-hybridized carbons (Fsp3) is 0.227. The minimum Gasteiger partial charge on any atom is -0.444 e. The molecule has 0 aliphatic carbocycles. The number of rotatable bonds is 6. The zero-order valence-electron chi connectivity index (χ0n) is 15.3.